The van der Waals surface area contributed by atoms with E-state index in [0.717, 1.165) is 19.5 Å². The van der Waals surface area contributed by atoms with E-state index in [1.54, 1.807) is 11.3 Å². The molecule has 0 radical (unpaired) electrons. The van der Waals surface area contributed by atoms with E-state index in [4.69, 9.17) is 5.73 Å². The SMILES string of the molecule is CN1CCCN(C)C(C(N)Cc2cncs2)C1. The zero-order valence-electron chi connectivity index (χ0n) is 10.7. The molecule has 0 spiro atoms. The van der Waals surface area contributed by atoms with Gasteiger partial charge in [0.25, 0.3) is 0 Å². The lowest BCUT2D eigenvalue weighted by Crippen LogP contribution is -2.51. The molecule has 2 N–H and O–H groups in total. The van der Waals surface area contributed by atoms with Crippen molar-refractivity contribution in [3.8, 4) is 0 Å². The normalized spacial score (nSPS) is 25.7. The molecule has 0 amide bonds. The standard InChI is InChI=1S/C12H22N4S/c1-15-4-3-5-16(2)12(8-15)11(13)6-10-7-14-9-17-10/h7,9,11-12H,3-6,8,13H2,1-2H3. The van der Waals surface area contributed by atoms with Crippen molar-refractivity contribution in [1.29, 1.82) is 0 Å². The summed E-state index contributed by atoms with van der Waals surface area (Å²) in [5.41, 5.74) is 8.25. The summed E-state index contributed by atoms with van der Waals surface area (Å²) in [5.74, 6) is 0. The van der Waals surface area contributed by atoms with E-state index >= 15 is 0 Å². The number of likely N-dealkylation sites (N-methyl/N-ethyl adjacent to an activating group) is 2. The van der Waals surface area contributed by atoms with Crippen LogP contribution in [0.2, 0.25) is 0 Å². The van der Waals surface area contributed by atoms with Crippen LogP contribution in [0.3, 0.4) is 0 Å². The molecule has 0 aromatic carbocycles. The Morgan fingerprint density at radius 3 is 3.06 bits per heavy atom. The van der Waals surface area contributed by atoms with E-state index in [-0.39, 0.29) is 6.04 Å². The van der Waals surface area contributed by atoms with Crippen molar-refractivity contribution in [1.82, 2.24) is 14.8 Å². The number of thiazole rings is 1. The molecule has 2 atom stereocenters. The summed E-state index contributed by atoms with van der Waals surface area (Å²) >= 11 is 1.70. The molecule has 2 unspecified atom stereocenters. The van der Waals surface area contributed by atoms with Crippen molar-refractivity contribution < 1.29 is 0 Å². The molecule has 2 heterocycles. The summed E-state index contributed by atoms with van der Waals surface area (Å²) in [7, 11) is 4.38. The molecule has 0 bridgehead atoms. The third kappa shape index (κ3) is 3.48. The molecule has 4 nitrogen and oxygen atoms in total. The van der Waals surface area contributed by atoms with Crippen molar-refractivity contribution in [2.75, 3.05) is 33.7 Å². The van der Waals surface area contributed by atoms with Crippen LogP contribution in [0.5, 0.6) is 0 Å². The van der Waals surface area contributed by atoms with Gasteiger partial charge in [-0.25, -0.2) is 0 Å². The van der Waals surface area contributed by atoms with Gasteiger partial charge in [0.15, 0.2) is 0 Å². The summed E-state index contributed by atoms with van der Waals surface area (Å²) < 4.78 is 0. The van der Waals surface area contributed by atoms with Gasteiger partial charge in [-0.15, -0.1) is 11.3 Å². The fraction of sp³-hybridized carbons (Fsp3) is 0.750. The fourth-order valence-electron chi connectivity index (χ4n) is 2.48. The van der Waals surface area contributed by atoms with Crippen molar-refractivity contribution in [3.05, 3.63) is 16.6 Å². The maximum absolute atomic E-state index is 6.37. The van der Waals surface area contributed by atoms with Crippen LogP contribution in [0.4, 0.5) is 0 Å². The summed E-state index contributed by atoms with van der Waals surface area (Å²) in [6.45, 7) is 3.38. The first kappa shape index (κ1) is 13.0. The Hall–Kier alpha value is -0.490. The molecule has 2 rings (SSSR count). The third-order valence-corrected chi connectivity index (χ3v) is 4.33. The van der Waals surface area contributed by atoms with Crippen LogP contribution in [-0.4, -0.2) is 60.6 Å². The summed E-state index contributed by atoms with van der Waals surface area (Å²) in [6.07, 6.45) is 4.11. The summed E-state index contributed by atoms with van der Waals surface area (Å²) in [5, 5.41) is 0. The highest BCUT2D eigenvalue weighted by atomic mass is 32.1. The van der Waals surface area contributed by atoms with Crippen LogP contribution in [0, 0.1) is 0 Å². The molecular weight excluding hydrogens is 232 g/mol. The predicted octanol–water partition coefficient (Wildman–Crippen LogP) is 0.649. The molecule has 1 saturated heterocycles. The van der Waals surface area contributed by atoms with Crippen molar-refractivity contribution in [2.45, 2.75) is 24.9 Å². The Balaban J connectivity index is 1.98. The molecule has 1 aromatic rings. The third-order valence-electron chi connectivity index (χ3n) is 3.53. The number of aromatic nitrogens is 1. The van der Waals surface area contributed by atoms with Crippen LogP contribution in [0.25, 0.3) is 0 Å². The molecule has 0 aliphatic carbocycles. The van der Waals surface area contributed by atoms with Crippen LogP contribution < -0.4 is 5.73 Å². The fourth-order valence-corrected chi connectivity index (χ4v) is 3.15. The van der Waals surface area contributed by atoms with Crippen LogP contribution in [-0.2, 0) is 6.42 Å². The topological polar surface area (TPSA) is 45.4 Å². The molecule has 0 saturated carbocycles. The quantitative estimate of drug-likeness (QED) is 0.860. The van der Waals surface area contributed by atoms with E-state index in [1.807, 2.05) is 11.7 Å². The van der Waals surface area contributed by atoms with Gasteiger partial charge in [-0.3, -0.25) is 4.98 Å². The van der Waals surface area contributed by atoms with E-state index in [9.17, 15) is 0 Å². The average molecular weight is 254 g/mol. The number of rotatable bonds is 3. The lowest BCUT2D eigenvalue weighted by Gasteiger charge is -2.32. The highest BCUT2D eigenvalue weighted by Crippen LogP contribution is 2.15. The molecule has 1 fully saturated rings. The van der Waals surface area contributed by atoms with E-state index in [0.29, 0.717) is 6.04 Å². The van der Waals surface area contributed by atoms with Gasteiger partial charge in [-0.05, 0) is 33.6 Å². The summed E-state index contributed by atoms with van der Waals surface area (Å²) in [6, 6.07) is 0.644. The van der Waals surface area contributed by atoms with E-state index in [2.05, 4.69) is 28.9 Å². The molecular formula is C12H22N4S. The van der Waals surface area contributed by atoms with Gasteiger partial charge < -0.3 is 15.5 Å². The van der Waals surface area contributed by atoms with Crippen LogP contribution in [0.1, 0.15) is 11.3 Å². The Bertz CT molecular complexity index is 327. The summed E-state index contributed by atoms with van der Waals surface area (Å²) in [4.78, 5) is 10.2. The first-order valence-corrected chi connectivity index (χ1v) is 7.06. The molecule has 1 aliphatic heterocycles. The van der Waals surface area contributed by atoms with Gasteiger partial charge in [0, 0.05) is 36.1 Å². The Labute approximate surface area is 107 Å². The highest BCUT2D eigenvalue weighted by molar-refractivity contribution is 7.09. The van der Waals surface area contributed by atoms with Crippen LogP contribution >= 0.6 is 11.3 Å². The molecule has 17 heavy (non-hydrogen) atoms. The second-order valence-corrected chi connectivity index (χ2v) is 5.97. The van der Waals surface area contributed by atoms with Crippen molar-refractivity contribution in [2.24, 2.45) is 5.73 Å². The maximum Gasteiger partial charge on any atom is 0.0794 e. The van der Waals surface area contributed by atoms with Gasteiger partial charge in [0.1, 0.15) is 0 Å². The lowest BCUT2D eigenvalue weighted by molar-refractivity contribution is 0.195. The Morgan fingerprint density at radius 2 is 2.35 bits per heavy atom. The smallest absolute Gasteiger partial charge is 0.0794 e. The first-order valence-electron chi connectivity index (χ1n) is 6.18. The average Bonchev–Trinajstić information content (AvgIpc) is 2.72. The monoisotopic (exact) mass is 254 g/mol. The Morgan fingerprint density at radius 1 is 1.53 bits per heavy atom. The lowest BCUT2D eigenvalue weighted by atomic mass is 10.0. The zero-order chi connectivity index (χ0) is 12.3. The predicted molar refractivity (Wildman–Crippen MR) is 72.3 cm³/mol. The van der Waals surface area contributed by atoms with Crippen molar-refractivity contribution in [3.63, 3.8) is 0 Å². The highest BCUT2D eigenvalue weighted by Gasteiger charge is 2.26. The minimum absolute atomic E-state index is 0.195. The minimum atomic E-state index is 0.195. The van der Waals surface area contributed by atoms with Gasteiger partial charge in [-0.1, -0.05) is 0 Å². The molecule has 5 heteroatoms. The largest absolute Gasteiger partial charge is 0.326 e. The number of nitrogens with zero attached hydrogens (tertiary/aromatic N) is 3. The van der Waals surface area contributed by atoms with Crippen molar-refractivity contribution >= 4 is 11.3 Å². The zero-order valence-corrected chi connectivity index (χ0v) is 11.5. The van der Waals surface area contributed by atoms with Gasteiger partial charge in [-0.2, -0.15) is 0 Å². The van der Waals surface area contributed by atoms with Gasteiger partial charge in [0.2, 0.25) is 0 Å². The van der Waals surface area contributed by atoms with Crippen LogP contribution in [0.15, 0.2) is 11.7 Å². The Kier molecular flexibility index (Phi) is 4.50. The second-order valence-electron chi connectivity index (χ2n) is 5.00. The number of nitrogens with two attached hydrogens (primary N) is 1. The van der Waals surface area contributed by atoms with E-state index in [1.165, 1.54) is 17.8 Å². The molecule has 1 aliphatic rings. The molecule has 1 aromatic heterocycles. The second kappa shape index (κ2) is 5.91. The minimum Gasteiger partial charge on any atom is -0.326 e. The number of hydrogen-bond donors (Lipinski definition) is 1. The maximum atomic E-state index is 6.37. The molecule has 96 valence electrons. The number of hydrogen-bond acceptors (Lipinski definition) is 5. The van der Waals surface area contributed by atoms with E-state index < -0.39 is 0 Å². The van der Waals surface area contributed by atoms with Gasteiger partial charge >= 0.3 is 0 Å². The first-order chi connectivity index (χ1) is 8.16. The van der Waals surface area contributed by atoms with Gasteiger partial charge in [0.05, 0.1) is 5.51 Å².